The zero-order chi connectivity index (χ0) is 28.0. The van der Waals surface area contributed by atoms with Gasteiger partial charge in [0.2, 0.25) is 0 Å². The number of benzene rings is 2. The van der Waals surface area contributed by atoms with Crippen molar-refractivity contribution in [3.8, 4) is 5.75 Å². The second-order valence-electron chi connectivity index (χ2n) is 9.89. The highest BCUT2D eigenvalue weighted by atomic mass is 32.1. The number of aryl methyl sites for hydroxylation is 2. The van der Waals surface area contributed by atoms with Crippen LogP contribution in [0, 0.1) is 13.8 Å². The number of nitrogens with zero attached hydrogens (tertiary/aromatic N) is 4. The predicted molar refractivity (Wildman–Crippen MR) is 156 cm³/mol. The fourth-order valence-corrected chi connectivity index (χ4v) is 6.19. The van der Waals surface area contributed by atoms with Crippen molar-refractivity contribution in [2.24, 2.45) is 0 Å². The molecular weight excluding hydrogens is 524 g/mol. The van der Waals surface area contributed by atoms with Gasteiger partial charge in [0.25, 0.3) is 5.78 Å². The molecule has 1 unspecified atom stereocenters. The third kappa shape index (κ3) is 4.32. The van der Waals surface area contributed by atoms with Gasteiger partial charge in [0, 0.05) is 6.20 Å². The lowest BCUT2D eigenvalue weighted by molar-refractivity contribution is -0.132. The number of amides is 1. The number of ether oxygens (including phenoxy) is 1. The Morgan fingerprint density at radius 3 is 2.73 bits per heavy atom. The second kappa shape index (κ2) is 10.2. The van der Waals surface area contributed by atoms with E-state index in [-0.39, 0.29) is 11.3 Å². The number of unbranched alkanes of at least 4 members (excludes halogenated alkanes) is 1. The van der Waals surface area contributed by atoms with E-state index in [1.54, 1.807) is 17.5 Å². The van der Waals surface area contributed by atoms with Gasteiger partial charge in [0.15, 0.2) is 10.9 Å². The Labute approximate surface area is 235 Å². The number of hydrogen-bond donors (Lipinski definition) is 1. The molecule has 0 bridgehead atoms. The summed E-state index contributed by atoms with van der Waals surface area (Å²) in [4.78, 5) is 38.1. The largest absolute Gasteiger partial charge is 0.505 e. The van der Waals surface area contributed by atoms with Gasteiger partial charge in [-0.2, -0.15) is 0 Å². The Hall–Kier alpha value is -4.50. The molecule has 0 aliphatic carbocycles. The SMILES string of the molecule is CCCCOc1cccc(C2/C(=C(\O)c3c(C)nc4ccccn34)C(=O)C(=O)N2c2nc3ccc(C)cc3s2)c1. The third-order valence-corrected chi connectivity index (χ3v) is 8.07. The summed E-state index contributed by atoms with van der Waals surface area (Å²) in [6.07, 6.45) is 3.67. The number of carbonyl (C=O) groups is 2. The maximum atomic E-state index is 13.7. The third-order valence-electron chi connectivity index (χ3n) is 7.05. The topological polar surface area (TPSA) is 97.0 Å². The number of Topliss-reactive ketones (excluding diaryl/α,β-unsaturated/α-hetero) is 1. The summed E-state index contributed by atoms with van der Waals surface area (Å²) in [6.45, 7) is 6.41. The fourth-order valence-electron chi connectivity index (χ4n) is 5.10. The number of rotatable bonds is 7. The van der Waals surface area contributed by atoms with Gasteiger partial charge < -0.3 is 9.84 Å². The number of aliphatic hydroxyl groups is 1. The summed E-state index contributed by atoms with van der Waals surface area (Å²) >= 11 is 1.34. The number of aromatic nitrogens is 3. The molecule has 0 radical (unpaired) electrons. The smallest absolute Gasteiger partial charge is 0.301 e. The standard InChI is InChI=1S/C31H28N4O4S/c1-4-5-15-39-21-10-8-9-20(17-21)27-25(28(36)26-19(3)32-24-11-6-7-14-34(24)26)29(37)30(38)35(27)31-33-22-13-12-18(2)16-23(22)40-31/h6-14,16-17,27,36H,4-5,15H2,1-3H3/b28-25+. The van der Waals surface area contributed by atoms with Gasteiger partial charge in [0.05, 0.1) is 34.1 Å². The van der Waals surface area contributed by atoms with Crippen LogP contribution in [0.5, 0.6) is 5.75 Å². The normalized spacial score (nSPS) is 16.9. The summed E-state index contributed by atoms with van der Waals surface area (Å²) in [5.41, 5.74) is 3.97. The van der Waals surface area contributed by atoms with Crippen LogP contribution >= 0.6 is 11.3 Å². The minimum absolute atomic E-state index is 0.0140. The molecule has 8 nitrogen and oxygen atoms in total. The Balaban J connectivity index is 1.56. The molecule has 1 aliphatic heterocycles. The number of fused-ring (bicyclic) bond motifs is 2. The first-order valence-electron chi connectivity index (χ1n) is 13.2. The Bertz CT molecular complexity index is 1820. The zero-order valence-corrected chi connectivity index (χ0v) is 23.2. The van der Waals surface area contributed by atoms with E-state index in [0.717, 1.165) is 28.6 Å². The summed E-state index contributed by atoms with van der Waals surface area (Å²) in [7, 11) is 0. The van der Waals surface area contributed by atoms with Gasteiger partial charge in [-0.05, 0) is 67.8 Å². The van der Waals surface area contributed by atoms with Gasteiger partial charge in [-0.3, -0.25) is 18.9 Å². The molecule has 2 aromatic carbocycles. The summed E-state index contributed by atoms with van der Waals surface area (Å²) in [6, 6.07) is 17.8. The van der Waals surface area contributed by atoms with Crippen molar-refractivity contribution in [2.75, 3.05) is 11.5 Å². The highest BCUT2D eigenvalue weighted by Gasteiger charge is 2.48. The van der Waals surface area contributed by atoms with Crippen LogP contribution < -0.4 is 9.64 Å². The molecule has 202 valence electrons. The van der Waals surface area contributed by atoms with Crippen LogP contribution in [0.25, 0.3) is 21.6 Å². The van der Waals surface area contributed by atoms with E-state index in [2.05, 4.69) is 11.9 Å². The van der Waals surface area contributed by atoms with Crippen LogP contribution in [0.1, 0.15) is 48.3 Å². The van der Waals surface area contributed by atoms with E-state index in [0.29, 0.717) is 40.1 Å². The molecule has 1 aliphatic rings. The maximum absolute atomic E-state index is 13.7. The molecule has 1 saturated heterocycles. The van der Waals surface area contributed by atoms with Crippen molar-refractivity contribution >= 4 is 49.8 Å². The van der Waals surface area contributed by atoms with E-state index in [4.69, 9.17) is 9.72 Å². The Morgan fingerprint density at radius 1 is 1.05 bits per heavy atom. The van der Waals surface area contributed by atoms with Gasteiger partial charge in [-0.15, -0.1) is 0 Å². The van der Waals surface area contributed by atoms with Crippen molar-refractivity contribution in [3.63, 3.8) is 0 Å². The summed E-state index contributed by atoms with van der Waals surface area (Å²) in [5, 5.41) is 12.2. The van der Waals surface area contributed by atoms with Crippen molar-refractivity contribution in [1.29, 1.82) is 0 Å². The monoisotopic (exact) mass is 552 g/mol. The molecule has 6 rings (SSSR count). The average molecular weight is 553 g/mol. The predicted octanol–water partition coefficient (Wildman–Crippen LogP) is 6.37. The first-order valence-corrected chi connectivity index (χ1v) is 14.0. The van der Waals surface area contributed by atoms with Crippen LogP contribution in [0.15, 0.2) is 72.4 Å². The Kier molecular flexibility index (Phi) is 6.59. The number of anilines is 1. The number of ketones is 1. The molecule has 5 aromatic rings. The maximum Gasteiger partial charge on any atom is 0.301 e. The fraction of sp³-hybridized carbons (Fsp3) is 0.226. The van der Waals surface area contributed by atoms with E-state index in [9.17, 15) is 14.7 Å². The molecule has 40 heavy (non-hydrogen) atoms. The summed E-state index contributed by atoms with van der Waals surface area (Å²) < 4.78 is 8.58. The lowest BCUT2D eigenvalue weighted by atomic mass is 9.96. The molecule has 1 fully saturated rings. The number of aliphatic hydroxyl groups excluding tert-OH is 1. The first-order chi connectivity index (χ1) is 19.4. The molecule has 0 saturated carbocycles. The van der Waals surface area contributed by atoms with Crippen LogP contribution in [0.3, 0.4) is 0 Å². The summed E-state index contributed by atoms with van der Waals surface area (Å²) in [5.74, 6) is -1.18. The molecule has 3 aromatic heterocycles. The molecule has 1 atom stereocenters. The van der Waals surface area contributed by atoms with E-state index >= 15 is 0 Å². The van der Waals surface area contributed by atoms with Gasteiger partial charge in [0.1, 0.15) is 17.1 Å². The number of thiazole rings is 1. The van der Waals surface area contributed by atoms with E-state index < -0.39 is 17.7 Å². The average Bonchev–Trinajstić information content (AvgIpc) is 3.59. The van der Waals surface area contributed by atoms with Crippen molar-refractivity contribution in [3.05, 3.63) is 94.9 Å². The van der Waals surface area contributed by atoms with Crippen LogP contribution in [0.4, 0.5) is 5.13 Å². The molecule has 9 heteroatoms. The minimum atomic E-state index is -0.912. The van der Waals surface area contributed by atoms with Gasteiger partial charge in [-0.25, -0.2) is 9.97 Å². The van der Waals surface area contributed by atoms with E-state index in [1.165, 1.54) is 16.2 Å². The second-order valence-corrected chi connectivity index (χ2v) is 10.9. The van der Waals surface area contributed by atoms with Crippen molar-refractivity contribution in [2.45, 2.75) is 39.7 Å². The van der Waals surface area contributed by atoms with Crippen molar-refractivity contribution in [1.82, 2.24) is 14.4 Å². The van der Waals surface area contributed by atoms with Crippen LogP contribution in [-0.2, 0) is 9.59 Å². The number of hydrogen-bond acceptors (Lipinski definition) is 7. The van der Waals surface area contributed by atoms with Crippen LogP contribution in [-0.4, -0.2) is 37.8 Å². The zero-order valence-electron chi connectivity index (χ0n) is 22.4. The molecule has 1 amide bonds. The highest BCUT2D eigenvalue weighted by Crippen LogP contribution is 2.45. The minimum Gasteiger partial charge on any atom is -0.505 e. The lowest BCUT2D eigenvalue weighted by Crippen LogP contribution is -2.29. The number of pyridine rings is 1. The van der Waals surface area contributed by atoms with Gasteiger partial charge in [-0.1, -0.05) is 48.9 Å². The number of carbonyl (C=O) groups excluding carboxylic acids is 2. The molecule has 0 spiro atoms. The molecule has 4 heterocycles. The molecule has 1 N–H and O–H groups in total. The Morgan fingerprint density at radius 2 is 1.90 bits per heavy atom. The first kappa shape index (κ1) is 25.8. The quantitative estimate of drug-likeness (QED) is 0.109. The molecular formula is C31H28N4O4S. The highest BCUT2D eigenvalue weighted by molar-refractivity contribution is 7.22. The van der Waals surface area contributed by atoms with Crippen molar-refractivity contribution < 1.29 is 19.4 Å². The van der Waals surface area contributed by atoms with E-state index in [1.807, 2.05) is 67.6 Å². The van der Waals surface area contributed by atoms with Gasteiger partial charge >= 0.3 is 5.91 Å². The number of imidazole rings is 1. The lowest BCUT2D eigenvalue weighted by Gasteiger charge is -2.23. The van der Waals surface area contributed by atoms with Crippen LogP contribution in [0.2, 0.25) is 0 Å².